The van der Waals surface area contributed by atoms with Gasteiger partial charge in [0.25, 0.3) is 11.8 Å². The van der Waals surface area contributed by atoms with Crippen LogP contribution in [0.25, 0.3) is 33.9 Å². The van der Waals surface area contributed by atoms with Gasteiger partial charge in [0.1, 0.15) is 5.69 Å². The van der Waals surface area contributed by atoms with Crippen molar-refractivity contribution in [3.8, 4) is 22.7 Å². The molecule has 3 aromatic carbocycles. The molecule has 0 spiro atoms. The van der Waals surface area contributed by atoms with Gasteiger partial charge < -0.3 is 25.7 Å². The molecule has 6 aromatic rings. The molecule has 6 N–H and O–H groups in total. The van der Waals surface area contributed by atoms with Crippen LogP contribution in [-0.4, -0.2) is 32.2 Å². The van der Waals surface area contributed by atoms with Crippen LogP contribution in [0.1, 0.15) is 22.3 Å². The van der Waals surface area contributed by atoms with E-state index in [0.29, 0.717) is 28.5 Å². The van der Waals surface area contributed by atoms with Crippen LogP contribution in [0.2, 0.25) is 0 Å². The lowest BCUT2D eigenvalue weighted by atomic mass is 10.0. The van der Waals surface area contributed by atoms with Gasteiger partial charge in [-0.3, -0.25) is 19.8 Å². The molecule has 0 radical (unpaired) electrons. The largest absolute Gasteiger partial charge is 0.463 e. The molecule has 47 heavy (non-hydrogen) atoms. The number of hydrogen-bond donors (Lipinski definition) is 6. The molecule has 2 aliphatic heterocycles. The summed E-state index contributed by atoms with van der Waals surface area (Å²) in [6, 6.07) is 29.0. The highest BCUT2D eigenvalue weighted by Gasteiger charge is 2.26. The lowest BCUT2D eigenvalue weighted by molar-refractivity contribution is -0.111. The molecular formula is C36H30N8O3. The van der Waals surface area contributed by atoms with Crippen LogP contribution in [0.5, 0.6) is 0 Å². The topological polar surface area (TPSA) is 153 Å². The second kappa shape index (κ2) is 12.4. The first-order valence-electron chi connectivity index (χ1n) is 14.9. The molecule has 0 aliphatic carbocycles. The summed E-state index contributed by atoms with van der Waals surface area (Å²) in [5, 5.41) is 26.2. The zero-order chi connectivity index (χ0) is 32.3. The van der Waals surface area contributed by atoms with Gasteiger partial charge in [0.2, 0.25) is 0 Å². The van der Waals surface area contributed by atoms with Crippen molar-refractivity contribution < 1.29 is 14.0 Å². The van der Waals surface area contributed by atoms with Crippen molar-refractivity contribution in [2.75, 3.05) is 21.3 Å². The average Bonchev–Trinajstić information content (AvgIpc) is 3.91. The number of benzene rings is 3. The quantitative estimate of drug-likeness (QED) is 0.108. The summed E-state index contributed by atoms with van der Waals surface area (Å²) in [4.78, 5) is 24.3. The molecule has 0 atom stereocenters. The fraction of sp³-hybridized carbons (Fsp3) is 0.0556. The van der Waals surface area contributed by atoms with Gasteiger partial charge in [-0.2, -0.15) is 10.2 Å². The van der Waals surface area contributed by atoms with E-state index in [9.17, 15) is 9.59 Å². The third kappa shape index (κ3) is 5.92. The molecule has 11 nitrogen and oxygen atoms in total. The van der Waals surface area contributed by atoms with Gasteiger partial charge in [0, 0.05) is 47.0 Å². The first-order valence-corrected chi connectivity index (χ1v) is 14.9. The van der Waals surface area contributed by atoms with E-state index in [1.807, 2.05) is 105 Å². The van der Waals surface area contributed by atoms with Gasteiger partial charge in [-0.05, 0) is 54.8 Å². The number of carbonyl (C=O) groups is 2. The molecule has 0 saturated heterocycles. The predicted octanol–water partition coefficient (Wildman–Crippen LogP) is 7.17. The maximum atomic E-state index is 12.2. The number of anilines is 4. The van der Waals surface area contributed by atoms with Gasteiger partial charge in [0.15, 0.2) is 17.4 Å². The van der Waals surface area contributed by atoms with E-state index in [0.717, 1.165) is 50.6 Å². The van der Waals surface area contributed by atoms with Gasteiger partial charge >= 0.3 is 0 Å². The van der Waals surface area contributed by atoms with E-state index in [4.69, 9.17) is 4.42 Å². The zero-order valence-electron chi connectivity index (χ0n) is 25.5. The Kier molecular flexibility index (Phi) is 7.68. The Morgan fingerprint density at radius 3 is 1.74 bits per heavy atom. The molecule has 0 unspecified atom stereocenters. The first kappa shape index (κ1) is 29.1. The summed E-state index contributed by atoms with van der Waals surface area (Å²) in [5.41, 5.74) is 9.62. The van der Waals surface area contributed by atoms with Crippen molar-refractivity contribution in [2.24, 2.45) is 0 Å². The molecule has 5 heterocycles. The summed E-state index contributed by atoms with van der Waals surface area (Å²) in [7, 11) is 0. The minimum absolute atomic E-state index is 0.106. The molecule has 0 saturated carbocycles. The number of hydrogen-bond acceptors (Lipinski definition) is 7. The molecular weight excluding hydrogens is 592 g/mol. The Morgan fingerprint density at radius 1 is 0.638 bits per heavy atom. The maximum absolute atomic E-state index is 12.2. The second-order valence-corrected chi connectivity index (χ2v) is 11.0. The SMILES string of the molecule is Cc1cccc2c1C(=CNc1cc(-c3ccccc3)[nH]n1)C(=O)N2.Cc1cccc2c1C(=CNc1cc(-c3ccco3)[nH]n1)C(=O)N2. The normalized spacial score (nSPS) is 14.7. The van der Waals surface area contributed by atoms with Gasteiger partial charge in [0.05, 0.1) is 23.1 Å². The van der Waals surface area contributed by atoms with Gasteiger partial charge in [-0.25, -0.2) is 0 Å². The highest BCUT2D eigenvalue weighted by molar-refractivity contribution is 6.32. The number of nitrogens with zero attached hydrogens (tertiary/aromatic N) is 2. The van der Waals surface area contributed by atoms with Crippen LogP contribution >= 0.6 is 0 Å². The third-order valence-electron chi connectivity index (χ3n) is 7.83. The Bertz CT molecular complexity index is 2160. The molecule has 8 rings (SSSR count). The van der Waals surface area contributed by atoms with E-state index < -0.39 is 0 Å². The summed E-state index contributed by atoms with van der Waals surface area (Å²) in [6.45, 7) is 3.98. The van der Waals surface area contributed by atoms with Crippen molar-refractivity contribution in [3.63, 3.8) is 0 Å². The minimum Gasteiger partial charge on any atom is -0.463 e. The van der Waals surface area contributed by atoms with Crippen LogP contribution < -0.4 is 21.3 Å². The van der Waals surface area contributed by atoms with E-state index >= 15 is 0 Å². The first-order chi connectivity index (χ1) is 22.9. The van der Waals surface area contributed by atoms with Crippen molar-refractivity contribution in [1.82, 2.24) is 20.4 Å². The van der Waals surface area contributed by atoms with E-state index in [1.165, 1.54) is 0 Å². The highest BCUT2D eigenvalue weighted by Crippen LogP contribution is 2.35. The number of carbonyl (C=O) groups excluding carboxylic acids is 2. The zero-order valence-corrected chi connectivity index (χ0v) is 25.5. The van der Waals surface area contributed by atoms with Crippen LogP contribution in [0.15, 0.2) is 114 Å². The second-order valence-electron chi connectivity index (χ2n) is 11.0. The van der Waals surface area contributed by atoms with Crippen molar-refractivity contribution in [3.05, 3.63) is 132 Å². The minimum atomic E-state index is -0.122. The monoisotopic (exact) mass is 622 g/mol. The number of rotatable bonds is 6. The molecule has 0 fully saturated rings. The van der Waals surface area contributed by atoms with E-state index in [-0.39, 0.29) is 11.8 Å². The number of fused-ring (bicyclic) bond motifs is 2. The predicted molar refractivity (Wildman–Crippen MR) is 183 cm³/mol. The third-order valence-corrected chi connectivity index (χ3v) is 7.83. The van der Waals surface area contributed by atoms with E-state index in [1.54, 1.807) is 18.7 Å². The summed E-state index contributed by atoms with van der Waals surface area (Å²) in [6.07, 6.45) is 4.99. The molecule has 232 valence electrons. The average molecular weight is 623 g/mol. The Morgan fingerprint density at radius 2 is 1.19 bits per heavy atom. The molecule has 2 aliphatic rings. The standard InChI is InChI=1S/C19H16N4O.C17H14N4O2/c1-12-6-5-9-15-18(12)14(19(24)21-15)11-20-17-10-16(22-23-17)13-7-3-2-4-8-13;1-10-4-2-5-12-16(10)11(17(22)19-12)9-18-15-8-13(20-21-15)14-6-3-7-23-14/h2-11H,1H3,(H,21,24)(H2,20,22,23);2-9H,1H3,(H,19,22)(H2,18,20,21). The van der Waals surface area contributed by atoms with Gasteiger partial charge in [-0.15, -0.1) is 0 Å². The number of aromatic nitrogens is 4. The lowest BCUT2D eigenvalue weighted by Crippen LogP contribution is -2.05. The summed E-state index contributed by atoms with van der Waals surface area (Å²) < 4.78 is 5.31. The highest BCUT2D eigenvalue weighted by atomic mass is 16.3. The van der Waals surface area contributed by atoms with Crippen molar-refractivity contribution in [2.45, 2.75) is 13.8 Å². The molecule has 2 amide bonds. The number of furan rings is 1. The van der Waals surface area contributed by atoms with E-state index in [2.05, 4.69) is 41.7 Å². The van der Waals surface area contributed by atoms with Crippen LogP contribution in [0, 0.1) is 13.8 Å². The lowest BCUT2D eigenvalue weighted by Gasteiger charge is -2.03. The van der Waals surface area contributed by atoms with Gasteiger partial charge in [-0.1, -0.05) is 54.6 Å². The number of H-pyrrole nitrogens is 2. The summed E-state index contributed by atoms with van der Waals surface area (Å²) >= 11 is 0. The van der Waals surface area contributed by atoms with Crippen molar-refractivity contribution >= 4 is 46.0 Å². The van der Waals surface area contributed by atoms with Crippen LogP contribution in [0.4, 0.5) is 23.0 Å². The number of aromatic amines is 2. The fourth-order valence-corrected chi connectivity index (χ4v) is 5.55. The van der Waals surface area contributed by atoms with Crippen molar-refractivity contribution in [1.29, 1.82) is 0 Å². The number of amides is 2. The maximum Gasteiger partial charge on any atom is 0.257 e. The summed E-state index contributed by atoms with van der Waals surface area (Å²) in [5.74, 6) is 1.75. The van der Waals surface area contributed by atoms with Crippen LogP contribution in [-0.2, 0) is 9.59 Å². The van der Waals surface area contributed by atoms with Crippen LogP contribution in [0.3, 0.4) is 0 Å². The number of nitrogens with one attached hydrogen (secondary N) is 6. The Labute approximate surface area is 269 Å². The Hall–Kier alpha value is -6.62. The molecule has 3 aromatic heterocycles. The molecule has 0 bridgehead atoms. The fourth-order valence-electron chi connectivity index (χ4n) is 5.55. The number of aryl methyl sites for hydroxylation is 2. The smallest absolute Gasteiger partial charge is 0.257 e. The molecule has 11 heteroatoms. The Balaban J connectivity index is 0.000000150.